The summed E-state index contributed by atoms with van der Waals surface area (Å²) in [6, 6.07) is 5.30. The van der Waals surface area contributed by atoms with Gasteiger partial charge in [-0.05, 0) is 24.1 Å². The van der Waals surface area contributed by atoms with E-state index in [-0.39, 0.29) is 6.04 Å². The Kier molecular flexibility index (Phi) is 6.15. The summed E-state index contributed by atoms with van der Waals surface area (Å²) in [5.41, 5.74) is 6.97. The third kappa shape index (κ3) is 3.99. The lowest BCUT2D eigenvalue weighted by atomic mass is 10.1. The van der Waals surface area contributed by atoms with Crippen molar-refractivity contribution in [1.82, 2.24) is 0 Å². The van der Waals surface area contributed by atoms with Gasteiger partial charge < -0.3 is 15.2 Å². The van der Waals surface area contributed by atoms with Gasteiger partial charge in [0, 0.05) is 28.3 Å². The number of methoxy groups -OCH3 is 2. The maximum absolute atomic E-state index is 11.7. The maximum atomic E-state index is 11.7. The highest BCUT2D eigenvalue weighted by Gasteiger charge is 2.13. The van der Waals surface area contributed by atoms with E-state index in [2.05, 4.69) is 0 Å². The van der Waals surface area contributed by atoms with Crippen molar-refractivity contribution in [2.24, 2.45) is 5.73 Å². The number of rotatable bonds is 7. The predicted molar refractivity (Wildman–Crippen MR) is 74.6 cm³/mol. The molecule has 0 bridgehead atoms. The summed E-state index contributed by atoms with van der Waals surface area (Å²) in [5.74, 6) is 2.49. The average molecular weight is 271 g/mol. The fourth-order valence-corrected chi connectivity index (χ4v) is 2.91. The van der Waals surface area contributed by atoms with Crippen LogP contribution in [0.5, 0.6) is 11.5 Å². The van der Waals surface area contributed by atoms with Gasteiger partial charge in [-0.15, -0.1) is 0 Å². The standard InChI is InChI=1S/C13H21NO3S/c1-4-7-18(15)9-11(14)10-5-6-12(16-2)13(8-10)17-3/h5-6,8,11H,4,7,9,14H2,1-3H3. The van der Waals surface area contributed by atoms with Crippen LogP contribution in [0.4, 0.5) is 0 Å². The van der Waals surface area contributed by atoms with Crippen LogP contribution in [0.3, 0.4) is 0 Å². The van der Waals surface area contributed by atoms with Crippen LogP contribution in [-0.2, 0) is 10.8 Å². The fraction of sp³-hybridized carbons (Fsp3) is 0.538. The average Bonchev–Trinajstić information content (AvgIpc) is 2.38. The molecule has 0 aliphatic rings. The molecule has 2 atom stereocenters. The van der Waals surface area contributed by atoms with E-state index in [9.17, 15) is 4.21 Å². The molecule has 2 N–H and O–H groups in total. The molecule has 0 aliphatic carbocycles. The fourth-order valence-electron chi connectivity index (χ4n) is 1.69. The van der Waals surface area contributed by atoms with Gasteiger partial charge >= 0.3 is 0 Å². The summed E-state index contributed by atoms with van der Waals surface area (Å²) < 4.78 is 22.1. The zero-order chi connectivity index (χ0) is 13.5. The van der Waals surface area contributed by atoms with Crippen LogP contribution < -0.4 is 15.2 Å². The van der Waals surface area contributed by atoms with Crippen molar-refractivity contribution in [1.29, 1.82) is 0 Å². The van der Waals surface area contributed by atoms with Crippen molar-refractivity contribution in [3.8, 4) is 11.5 Å². The van der Waals surface area contributed by atoms with Gasteiger partial charge in [-0.3, -0.25) is 4.21 Å². The minimum Gasteiger partial charge on any atom is -0.493 e. The molecule has 0 aromatic heterocycles. The van der Waals surface area contributed by atoms with Gasteiger partial charge in [-0.2, -0.15) is 0 Å². The first-order valence-corrected chi connectivity index (χ1v) is 7.43. The molecule has 0 aliphatic heterocycles. The summed E-state index contributed by atoms with van der Waals surface area (Å²) in [5, 5.41) is 0. The number of hydrogen-bond acceptors (Lipinski definition) is 4. The quantitative estimate of drug-likeness (QED) is 0.822. The summed E-state index contributed by atoms with van der Waals surface area (Å²) >= 11 is 0. The van der Waals surface area contributed by atoms with Crippen LogP contribution in [-0.4, -0.2) is 29.9 Å². The Morgan fingerprint density at radius 2 is 1.94 bits per heavy atom. The van der Waals surface area contributed by atoms with E-state index in [1.54, 1.807) is 14.2 Å². The first kappa shape index (κ1) is 15.0. The molecule has 4 nitrogen and oxygen atoms in total. The van der Waals surface area contributed by atoms with E-state index in [1.165, 1.54) is 0 Å². The number of benzene rings is 1. The minimum atomic E-state index is -0.863. The van der Waals surface area contributed by atoms with Gasteiger partial charge in [0.25, 0.3) is 0 Å². The molecule has 0 spiro atoms. The molecule has 0 saturated heterocycles. The van der Waals surface area contributed by atoms with E-state index < -0.39 is 10.8 Å². The maximum Gasteiger partial charge on any atom is 0.161 e. The second-order valence-corrected chi connectivity index (χ2v) is 5.65. The van der Waals surface area contributed by atoms with E-state index in [0.717, 1.165) is 12.0 Å². The van der Waals surface area contributed by atoms with Gasteiger partial charge in [0.2, 0.25) is 0 Å². The Balaban J connectivity index is 2.79. The Hall–Kier alpha value is -1.07. The molecule has 0 saturated carbocycles. The van der Waals surface area contributed by atoms with E-state index in [4.69, 9.17) is 15.2 Å². The van der Waals surface area contributed by atoms with Crippen molar-refractivity contribution in [2.75, 3.05) is 25.7 Å². The van der Waals surface area contributed by atoms with Gasteiger partial charge in [-0.25, -0.2) is 0 Å². The molecule has 1 aromatic rings. The molecule has 18 heavy (non-hydrogen) atoms. The lowest BCUT2D eigenvalue weighted by molar-refractivity contribution is 0.354. The zero-order valence-corrected chi connectivity index (χ0v) is 12.0. The lowest BCUT2D eigenvalue weighted by Crippen LogP contribution is -2.19. The second-order valence-electron chi connectivity index (χ2n) is 4.03. The van der Waals surface area contributed by atoms with Crippen molar-refractivity contribution in [3.05, 3.63) is 23.8 Å². The van der Waals surface area contributed by atoms with Gasteiger partial charge in [0.1, 0.15) is 0 Å². The molecule has 0 heterocycles. The largest absolute Gasteiger partial charge is 0.493 e. The zero-order valence-electron chi connectivity index (χ0n) is 11.1. The van der Waals surface area contributed by atoms with Crippen LogP contribution >= 0.6 is 0 Å². The molecule has 0 radical (unpaired) electrons. The first-order chi connectivity index (χ1) is 8.62. The minimum absolute atomic E-state index is 0.239. The molecule has 2 unspecified atom stereocenters. The number of hydrogen-bond donors (Lipinski definition) is 1. The molecule has 5 heteroatoms. The summed E-state index contributed by atoms with van der Waals surface area (Å²) in [7, 11) is 2.31. The van der Waals surface area contributed by atoms with E-state index in [0.29, 0.717) is 23.0 Å². The smallest absolute Gasteiger partial charge is 0.161 e. The summed E-state index contributed by atoms with van der Waals surface area (Å²) in [6.07, 6.45) is 0.908. The molecule has 1 aromatic carbocycles. The van der Waals surface area contributed by atoms with Crippen LogP contribution in [0.15, 0.2) is 18.2 Å². The third-order valence-electron chi connectivity index (χ3n) is 2.63. The van der Waals surface area contributed by atoms with E-state index >= 15 is 0 Å². The highest BCUT2D eigenvalue weighted by molar-refractivity contribution is 7.85. The topological polar surface area (TPSA) is 61.6 Å². The monoisotopic (exact) mass is 271 g/mol. The molecular weight excluding hydrogens is 250 g/mol. The molecule has 102 valence electrons. The van der Waals surface area contributed by atoms with Gasteiger partial charge in [-0.1, -0.05) is 13.0 Å². The van der Waals surface area contributed by atoms with Crippen molar-refractivity contribution in [3.63, 3.8) is 0 Å². The highest BCUT2D eigenvalue weighted by Crippen LogP contribution is 2.29. The number of ether oxygens (including phenoxy) is 2. The Bertz CT molecular complexity index is 409. The lowest BCUT2D eigenvalue weighted by Gasteiger charge is -2.14. The van der Waals surface area contributed by atoms with E-state index in [1.807, 2.05) is 25.1 Å². The second kappa shape index (κ2) is 7.38. The molecule has 0 amide bonds. The van der Waals surface area contributed by atoms with Crippen molar-refractivity contribution in [2.45, 2.75) is 19.4 Å². The predicted octanol–water partition coefficient (Wildman–Crippen LogP) is 1.86. The summed E-state index contributed by atoms with van der Waals surface area (Å²) in [4.78, 5) is 0. The van der Waals surface area contributed by atoms with Crippen LogP contribution in [0.25, 0.3) is 0 Å². The normalized spacial score (nSPS) is 14.0. The van der Waals surface area contributed by atoms with Crippen LogP contribution in [0.1, 0.15) is 24.9 Å². The van der Waals surface area contributed by atoms with Crippen molar-refractivity contribution >= 4 is 10.8 Å². The Morgan fingerprint density at radius 1 is 1.28 bits per heavy atom. The highest BCUT2D eigenvalue weighted by atomic mass is 32.2. The van der Waals surface area contributed by atoms with Gasteiger partial charge in [0.15, 0.2) is 11.5 Å². The molecule has 1 rings (SSSR count). The van der Waals surface area contributed by atoms with Crippen LogP contribution in [0, 0.1) is 0 Å². The molecular formula is C13H21NO3S. The SMILES string of the molecule is CCCS(=O)CC(N)c1ccc(OC)c(OC)c1. The summed E-state index contributed by atoms with van der Waals surface area (Å²) in [6.45, 7) is 2.01. The Labute approximate surface area is 111 Å². The number of nitrogens with two attached hydrogens (primary N) is 1. The Morgan fingerprint density at radius 3 is 2.50 bits per heavy atom. The first-order valence-electron chi connectivity index (χ1n) is 5.94. The van der Waals surface area contributed by atoms with Crippen molar-refractivity contribution < 1.29 is 13.7 Å². The molecule has 0 fully saturated rings. The van der Waals surface area contributed by atoms with Gasteiger partial charge in [0.05, 0.1) is 14.2 Å². The third-order valence-corrected chi connectivity index (χ3v) is 4.23. The van der Waals surface area contributed by atoms with Crippen LogP contribution in [0.2, 0.25) is 0 Å².